The molecule has 0 radical (unpaired) electrons. The molecule has 3 saturated carbocycles. The number of ether oxygens (including phenoxy) is 1. The van der Waals surface area contributed by atoms with Gasteiger partial charge in [0, 0.05) is 37.3 Å². The fraction of sp³-hybridized carbons (Fsp3) is 0.744. The van der Waals surface area contributed by atoms with E-state index in [9.17, 15) is 72.9 Å². The molecule has 0 unspecified atom stereocenters. The lowest BCUT2D eigenvalue weighted by atomic mass is 9.47. The summed E-state index contributed by atoms with van der Waals surface area (Å²) in [4.78, 5) is 163. The fourth-order valence-electron chi connectivity index (χ4n) is 16.6. The predicted molar refractivity (Wildman–Crippen MR) is 416 cm³/mol. The smallest absolute Gasteiger partial charge is 0.407 e. The number of nitrogens with two attached hydrogens (primary N) is 3. The standard InChI is InChI=1S/C78H128N12O16S2/c1-12-46(7)65(73(101)86-60(41-63(81)92)71(99)85-59(39-49-22-15-14-16-23-49)70(98)84-58(29-30-64(93)94)69(97)83-57(24-17-18-35-79)68(96)87-61(75(103)104)38-45(5)6)90-74(102)66(47(8)13-2)89-72(100)62(42-91)88-67(95)56(80)43-108-107-37-36-82-76(105)106-51-31-33-77(10)50(40-51)25-26-52-54-28-27-53(48(9)21-19-20-44(3)4)78(54,11)34-32-55(52)77/h14-16,22-23,25,44-48,51-62,65-66,91H,12-13,17-21,24,26-43,79-80H2,1-11H3,(H2,81,92)(H,82,105)(H,83,97)(H,84,98)(H,85,99)(H,86,101)(H,87,96)(H,88,95)(H,89,100)(H,90,102)(H,93,94)(H,103,104)/t46-,47-,48+,51-,52-,53+,54-,55-,56-,57-,58-,59-,60-,61-,62-,65-,66-,77-,78+/m0/s1. The minimum absolute atomic E-state index is 0.0105. The number of hydrogen-bond acceptors (Lipinski definition) is 18. The van der Waals surface area contributed by atoms with Gasteiger partial charge in [0.15, 0.2) is 0 Å². The van der Waals surface area contributed by atoms with Gasteiger partial charge < -0.3 is 85.1 Å². The van der Waals surface area contributed by atoms with Crippen molar-refractivity contribution < 1.29 is 77.6 Å². The molecular formula is C78H128N12O16S2. The fourth-order valence-corrected chi connectivity index (χ4v) is 18.6. The Balaban J connectivity index is 1.15. The number of carbonyl (C=O) groups excluding carboxylic acids is 10. The molecule has 0 aromatic heterocycles. The second-order valence-corrected chi connectivity index (χ2v) is 34.7. The van der Waals surface area contributed by atoms with Crippen LogP contribution in [0.4, 0.5) is 4.79 Å². The number of aliphatic hydroxyl groups is 1. The molecule has 0 heterocycles. The lowest BCUT2D eigenvalue weighted by Crippen LogP contribution is -2.62. The maximum Gasteiger partial charge on any atom is 0.407 e. The number of aliphatic hydroxyl groups excluding tert-OH is 1. The van der Waals surface area contributed by atoms with Crippen LogP contribution in [0.5, 0.6) is 0 Å². The summed E-state index contributed by atoms with van der Waals surface area (Å²) in [5.74, 6) is -7.69. The Morgan fingerprint density at radius 3 is 1.78 bits per heavy atom. The maximum absolute atomic E-state index is 14.5. The number of fused-ring (bicyclic) bond motifs is 5. The van der Waals surface area contributed by atoms with Gasteiger partial charge in [0.1, 0.15) is 54.4 Å². The van der Waals surface area contributed by atoms with Gasteiger partial charge in [-0.25, -0.2) is 9.59 Å². The number of hydrogen-bond donors (Lipinski definition) is 15. The molecule has 18 N–H and O–H groups in total. The van der Waals surface area contributed by atoms with Crippen molar-refractivity contribution in [1.82, 2.24) is 47.9 Å². The number of primary amides is 1. The highest BCUT2D eigenvalue weighted by atomic mass is 33.1. The number of benzene rings is 1. The third-order valence-corrected chi connectivity index (χ3v) is 25.6. The van der Waals surface area contributed by atoms with Crippen LogP contribution in [-0.4, -0.2) is 178 Å². The molecule has 3 fully saturated rings. The van der Waals surface area contributed by atoms with Crippen LogP contribution in [0.2, 0.25) is 0 Å². The highest BCUT2D eigenvalue weighted by Crippen LogP contribution is 2.67. The number of nitrogens with one attached hydrogen (secondary N) is 9. The molecule has 5 rings (SSSR count). The van der Waals surface area contributed by atoms with Crippen molar-refractivity contribution in [3.05, 3.63) is 47.5 Å². The highest BCUT2D eigenvalue weighted by molar-refractivity contribution is 8.76. The second-order valence-electron chi connectivity index (χ2n) is 32.0. The molecule has 1 aromatic rings. The van der Waals surface area contributed by atoms with E-state index >= 15 is 0 Å². The lowest BCUT2D eigenvalue weighted by Gasteiger charge is -2.58. The summed E-state index contributed by atoms with van der Waals surface area (Å²) in [6.07, 6.45) is 13.9. The summed E-state index contributed by atoms with van der Waals surface area (Å²) >= 11 is 0. The van der Waals surface area contributed by atoms with E-state index < -0.39 is 163 Å². The van der Waals surface area contributed by atoms with Crippen LogP contribution in [0.25, 0.3) is 0 Å². The Bertz CT molecular complexity index is 3210. The average molecular weight is 1550 g/mol. The normalized spacial score (nSPS) is 23.5. The molecule has 0 aliphatic heterocycles. The van der Waals surface area contributed by atoms with E-state index in [0.717, 1.165) is 49.4 Å². The third kappa shape index (κ3) is 27.5. The van der Waals surface area contributed by atoms with Crippen LogP contribution < -0.4 is 65.1 Å². The van der Waals surface area contributed by atoms with Crippen molar-refractivity contribution in [2.75, 3.05) is 31.2 Å². The summed E-state index contributed by atoms with van der Waals surface area (Å²) in [7, 11) is 2.66. The number of amides is 10. The first-order valence-electron chi connectivity index (χ1n) is 39.3. The summed E-state index contributed by atoms with van der Waals surface area (Å²) in [5, 5.41) is 53.1. The number of unbranched alkanes of at least 4 members (excludes halogenated alkanes) is 1. The van der Waals surface area contributed by atoms with E-state index in [-0.39, 0.29) is 55.4 Å². The van der Waals surface area contributed by atoms with Crippen LogP contribution in [0, 0.1) is 64.1 Å². The lowest BCUT2D eigenvalue weighted by molar-refractivity contribution is -0.143. The molecule has 108 heavy (non-hydrogen) atoms. The first-order chi connectivity index (χ1) is 51.1. The third-order valence-electron chi connectivity index (χ3n) is 23.2. The highest BCUT2D eigenvalue weighted by Gasteiger charge is 2.59. The Morgan fingerprint density at radius 1 is 0.611 bits per heavy atom. The maximum atomic E-state index is 14.5. The van der Waals surface area contributed by atoms with Gasteiger partial charge in [-0.1, -0.05) is 172 Å². The molecule has 4 aliphatic rings. The zero-order chi connectivity index (χ0) is 80.2. The first-order valence-corrected chi connectivity index (χ1v) is 41.7. The van der Waals surface area contributed by atoms with E-state index in [4.69, 9.17) is 21.9 Å². The van der Waals surface area contributed by atoms with Crippen molar-refractivity contribution >= 4 is 92.8 Å². The molecule has 1 aromatic carbocycles. The number of aliphatic carboxylic acids is 2. The molecule has 4 aliphatic carbocycles. The van der Waals surface area contributed by atoms with Crippen LogP contribution >= 0.6 is 21.6 Å². The van der Waals surface area contributed by atoms with E-state index in [2.05, 4.69) is 88.5 Å². The topological polar surface area (TPSA) is 461 Å². The quantitative estimate of drug-likeness (QED) is 0.0201. The van der Waals surface area contributed by atoms with Crippen molar-refractivity contribution in [3.8, 4) is 0 Å². The molecule has 28 nitrogen and oxygen atoms in total. The predicted octanol–water partition coefficient (Wildman–Crippen LogP) is 6.04. The van der Waals surface area contributed by atoms with Crippen LogP contribution in [-0.2, 0) is 63.9 Å². The zero-order valence-corrected chi connectivity index (χ0v) is 67.1. The van der Waals surface area contributed by atoms with Gasteiger partial charge >= 0.3 is 18.0 Å². The number of carbonyl (C=O) groups is 12. The second kappa shape index (κ2) is 44.7. The van der Waals surface area contributed by atoms with Gasteiger partial charge in [0.2, 0.25) is 53.2 Å². The van der Waals surface area contributed by atoms with Gasteiger partial charge in [-0.15, -0.1) is 0 Å². The summed E-state index contributed by atoms with van der Waals surface area (Å²) < 4.78 is 6.00. The minimum Gasteiger partial charge on any atom is -0.481 e. The molecule has 30 heteroatoms. The van der Waals surface area contributed by atoms with Gasteiger partial charge in [0.05, 0.1) is 19.1 Å². The number of alkyl carbamates (subject to hydrolysis) is 1. The Morgan fingerprint density at radius 2 is 1.19 bits per heavy atom. The average Bonchev–Trinajstić information content (AvgIpc) is 1.41. The van der Waals surface area contributed by atoms with E-state index in [0.29, 0.717) is 54.4 Å². The van der Waals surface area contributed by atoms with Gasteiger partial charge in [-0.2, -0.15) is 0 Å². The van der Waals surface area contributed by atoms with Crippen LogP contribution in [0.3, 0.4) is 0 Å². The SMILES string of the molecule is CC[C@H](C)[C@H](NC(=O)[C@H](CO)NC(=O)[C@@H](N)CSSCCNC(=O)O[C@H]1CC[C@@]2(C)C(=CC[C@H]3[C@@H]4CC[C@H]([C@H](C)CCCC(C)C)[C@@]4(C)CC[C@@H]32)C1)C(=O)N[C@H](C(=O)N[C@@H](CC(N)=O)C(=O)N[C@@H](Cc1ccccc1)C(=O)N[C@@H](CCC(=O)O)C(=O)N[C@@H](CCCCN)C(=O)N[C@@H](CC(C)C)C(=O)O)[C@@H](C)CC. The molecule has 0 saturated heterocycles. The van der Waals surface area contributed by atoms with Gasteiger partial charge in [-0.05, 0) is 153 Å². The van der Waals surface area contributed by atoms with Crippen molar-refractivity contribution in [2.45, 2.75) is 271 Å². The monoisotopic (exact) mass is 1550 g/mol. The number of allylic oxidation sites excluding steroid dienone is 1. The zero-order valence-electron chi connectivity index (χ0n) is 65.5. The molecule has 0 spiro atoms. The van der Waals surface area contributed by atoms with Crippen molar-refractivity contribution in [1.29, 1.82) is 0 Å². The van der Waals surface area contributed by atoms with Crippen molar-refractivity contribution in [3.63, 3.8) is 0 Å². The van der Waals surface area contributed by atoms with E-state index in [1.807, 2.05) is 0 Å². The van der Waals surface area contributed by atoms with Crippen LogP contribution in [0.1, 0.15) is 210 Å². The molecule has 608 valence electrons. The van der Waals surface area contributed by atoms with E-state index in [1.165, 1.54) is 72.1 Å². The first kappa shape index (κ1) is 91.6. The van der Waals surface area contributed by atoms with Crippen molar-refractivity contribution in [2.24, 2.45) is 81.3 Å². The Hall–Kier alpha value is -7.02. The van der Waals surface area contributed by atoms with E-state index in [1.54, 1.807) is 71.9 Å². The Kier molecular flexibility index (Phi) is 37.9. The summed E-state index contributed by atoms with van der Waals surface area (Å²) in [6, 6.07) is -5.02. The molecule has 19 atom stereocenters. The number of rotatable bonds is 47. The van der Waals surface area contributed by atoms with Crippen LogP contribution in [0.15, 0.2) is 42.0 Å². The Labute approximate surface area is 646 Å². The summed E-state index contributed by atoms with van der Waals surface area (Å²) in [6.45, 7) is 22.2. The van der Waals surface area contributed by atoms with Gasteiger partial charge in [-0.3, -0.25) is 47.9 Å². The largest absolute Gasteiger partial charge is 0.481 e. The summed E-state index contributed by atoms with van der Waals surface area (Å²) in [5.41, 5.74) is 20.1. The molecule has 10 amide bonds. The number of carboxylic acid groups (broad SMARTS) is 2. The molecule has 0 bridgehead atoms. The minimum atomic E-state index is -1.80. The van der Waals surface area contributed by atoms with Gasteiger partial charge in [0.25, 0.3) is 0 Å². The molecular weight excluding hydrogens is 1430 g/mol. The number of carboxylic acids is 2.